The Labute approximate surface area is 180 Å². The molecule has 1 aliphatic rings. The van der Waals surface area contributed by atoms with E-state index in [2.05, 4.69) is 15.3 Å². The van der Waals surface area contributed by atoms with Crippen molar-refractivity contribution in [3.63, 3.8) is 0 Å². The molecule has 0 atom stereocenters. The number of sulfonamides is 1. The first-order valence-electron chi connectivity index (χ1n) is 9.89. The molecule has 160 valence electrons. The number of benzene rings is 2. The normalized spacial score (nSPS) is 14.5. The summed E-state index contributed by atoms with van der Waals surface area (Å²) in [5.41, 5.74) is 2.31. The third-order valence-electron chi connectivity index (χ3n) is 5.11. The minimum atomic E-state index is -3.51. The van der Waals surface area contributed by atoms with Gasteiger partial charge in [0, 0.05) is 24.2 Å². The van der Waals surface area contributed by atoms with Crippen LogP contribution in [0.3, 0.4) is 0 Å². The van der Waals surface area contributed by atoms with Crippen molar-refractivity contribution < 1.29 is 17.6 Å². The van der Waals surface area contributed by atoms with Crippen LogP contribution >= 0.6 is 0 Å². The highest BCUT2D eigenvalue weighted by Crippen LogP contribution is 2.21. The molecular weight excluding hydrogens is 419 g/mol. The number of rotatable bonds is 6. The first kappa shape index (κ1) is 21.1. The third kappa shape index (κ3) is 4.78. The second-order valence-electron chi connectivity index (χ2n) is 7.22. The molecule has 1 N–H and O–H groups in total. The zero-order chi connectivity index (χ0) is 21.8. The lowest BCUT2D eigenvalue weighted by Gasteiger charge is -2.15. The standard InChI is InChI=1S/C22H21FN4O3S/c23-18-7-3-16(4-8-18)21-13-19(25-15-26-21)14-24-22(28)17-5-9-20(10-6-17)31(29,30)27-11-1-2-12-27/h3-10,13,15H,1-2,11-12,14H2,(H,24,28). The molecule has 7 nitrogen and oxygen atoms in total. The summed E-state index contributed by atoms with van der Waals surface area (Å²) >= 11 is 0. The maximum atomic E-state index is 13.1. The van der Waals surface area contributed by atoms with Crippen LogP contribution in [0.5, 0.6) is 0 Å². The van der Waals surface area contributed by atoms with Gasteiger partial charge in [0.25, 0.3) is 5.91 Å². The first-order valence-corrected chi connectivity index (χ1v) is 11.3. The largest absolute Gasteiger partial charge is 0.346 e. The molecule has 0 saturated carbocycles. The van der Waals surface area contributed by atoms with Gasteiger partial charge in [0.2, 0.25) is 10.0 Å². The van der Waals surface area contributed by atoms with Gasteiger partial charge in [-0.3, -0.25) is 4.79 Å². The van der Waals surface area contributed by atoms with E-state index in [1.807, 2.05) is 0 Å². The molecule has 1 amide bonds. The van der Waals surface area contributed by atoms with Crippen molar-refractivity contribution in [1.29, 1.82) is 0 Å². The van der Waals surface area contributed by atoms with Crippen LogP contribution in [0.2, 0.25) is 0 Å². The van der Waals surface area contributed by atoms with Crippen LogP contribution in [0.1, 0.15) is 28.9 Å². The Bertz CT molecular complexity index is 1180. The van der Waals surface area contributed by atoms with E-state index in [0.29, 0.717) is 30.0 Å². The molecule has 1 fully saturated rings. The van der Waals surface area contributed by atoms with Gasteiger partial charge in [-0.25, -0.2) is 22.8 Å². The number of nitrogens with zero attached hydrogens (tertiary/aromatic N) is 3. The Balaban J connectivity index is 1.41. The highest BCUT2D eigenvalue weighted by atomic mass is 32.2. The number of hydrogen-bond donors (Lipinski definition) is 1. The van der Waals surface area contributed by atoms with Gasteiger partial charge in [-0.15, -0.1) is 0 Å². The molecular formula is C22H21FN4O3S. The van der Waals surface area contributed by atoms with E-state index in [-0.39, 0.29) is 23.2 Å². The van der Waals surface area contributed by atoms with Crippen LogP contribution in [0.15, 0.2) is 65.8 Å². The van der Waals surface area contributed by atoms with Gasteiger partial charge < -0.3 is 5.32 Å². The van der Waals surface area contributed by atoms with E-state index in [0.717, 1.165) is 18.4 Å². The van der Waals surface area contributed by atoms with Crippen LogP contribution in [0.25, 0.3) is 11.3 Å². The van der Waals surface area contributed by atoms with Crippen LogP contribution in [0, 0.1) is 5.82 Å². The Morgan fingerprint density at radius 1 is 1.00 bits per heavy atom. The van der Waals surface area contributed by atoms with Crippen LogP contribution < -0.4 is 5.32 Å². The molecule has 0 unspecified atom stereocenters. The quantitative estimate of drug-likeness (QED) is 0.636. The molecule has 3 aromatic rings. The topological polar surface area (TPSA) is 92.3 Å². The highest BCUT2D eigenvalue weighted by molar-refractivity contribution is 7.89. The van der Waals surface area contributed by atoms with Gasteiger partial charge >= 0.3 is 0 Å². The zero-order valence-corrected chi connectivity index (χ0v) is 17.5. The lowest BCUT2D eigenvalue weighted by Crippen LogP contribution is -2.28. The SMILES string of the molecule is O=C(NCc1cc(-c2ccc(F)cc2)ncn1)c1ccc(S(=O)(=O)N2CCCC2)cc1. The molecule has 4 rings (SSSR count). The zero-order valence-electron chi connectivity index (χ0n) is 16.7. The van der Waals surface area contributed by atoms with Crippen molar-refractivity contribution >= 4 is 15.9 Å². The van der Waals surface area contributed by atoms with Crippen molar-refractivity contribution in [3.05, 3.63) is 78.0 Å². The number of hydrogen-bond acceptors (Lipinski definition) is 5. The van der Waals surface area contributed by atoms with Gasteiger partial charge in [0.1, 0.15) is 12.1 Å². The lowest BCUT2D eigenvalue weighted by molar-refractivity contribution is 0.0950. The number of aromatic nitrogens is 2. The number of carbonyl (C=O) groups is 1. The Morgan fingerprint density at radius 2 is 1.68 bits per heavy atom. The number of halogens is 1. The van der Waals surface area contributed by atoms with Crippen molar-refractivity contribution in [1.82, 2.24) is 19.6 Å². The molecule has 2 aromatic carbocycles. The Morgan fingerprint density at radius 3 is 2.35 bits per heavy atom. The van der Waals surface area contributed by atoms with Crippen molar-refractivity contribution in [2.24, 2.45) is 0 Å². The second-order valence-corrected chi connectivity index (χ2v) is 9.16. The maximum Gasteiger partial charge on any atom is 0.251 e. The third-order valence-corrected chi connectivity index (χ3v) is 7.03. The van der Waals surface area contributed by atoms with Gasteiger partial charge in [-0.1, -0.05) is 0 Å². The number of amides is 1. The van der Waals surface area contributed by atoms with Gasteiger partial charge in [0.15, 0.2) is 0 Å². The summed E-state index contributed by atoms with van der Waals surface area (Å²) in [7, 11) is -3.51. The van der Waals surface area contributed by atoms with Crippen molar-refractivity contribution in [3.8, 4) is 11.3 Å². The van der Waals surface area contributed by atoms with E-state index in [4.69, 9.17) is 0 Å². The van der Waals surface area contributed by atoms with Crippen molar-refractivity contribution in [2.45, 2.75) is 24.3 Å². The van der Waals surface area contributed by atoms with E-state index in [9.17, 15) is 17.6 Å². The van der Waals surface area contributed by atoms with Crippen LogP contribution in [-0.2, 0) is 16.6 Å². The molecule has 1 aromatic heterocycles. The van der Waals surface area contributed by atoms with Crippen LogP contribution in [0.4, 0.5) is 4.39 Å². The lowest BCUT2D eigenvalue weighted by atomic mass is 10.1. The smallest absolute Gasteiger partial charge is 0.251 e. The summed E-state index contributed by atoms with van der Waals surface area (Å²) in [5.74, 6) is -0.670. The summed E-state index contributed by atoms with van der Waals surface area (Å²) in [4.78, 5) is 21.0. The molecule has 0 radical (unpaired) electrons. The minimum absolute atomic E-state index is 0.170. The maximum absolute atomic E-state index is 13.1. The van der Waals surface area contributed by atoms with Gasteiger partial charge in [0.05, 0.1) is 22.8 Å². The Hall–Kier alpha value is -3.17. The molecule has 31 heavy (non-hydrogen) atoms. The van der Waals surface area contributed by atoms with E-state index >= 15 is 0 Å². The summed E-state index contributed by atoms with van der Waals surface area (Å²) in [6, 6.07) is 13.6. The summed E-state index contributed by atoms with van der Waals surface area (Å²) < 4.78 is 39.7. The monoisotopic (exact) mass is 440 g/mol. The first-order chi connectivity index (χ1) is 14.9. The summed E-state index contributed by atoms with van der Waals surface area (Å²) in [6.45, 7) is 1.23. The van der Waals surface area contributed by atoms with Crippen LogP contribution in [-0.4, -0.2) is 41.7 Å². The number of carbonyl (C=O) groups excluding carboxylic acids is 1. The molecule has 2 heterocycles. The predicted octanol–water partition coefficient (Wildman–Crippen LogP) is 3.00. The molecule has 1 saturated heterocycles. The molecule has 9 heteroatoms. The molecule has 0 aliphatic carbocycles. The fourth-order valence-electron chi connectivity index (χ4n) is 3.40. The van der Waals surface area contributed by atoms with Crippen molar-refractivity contribution in [2.75, 3.05) is 13.1 Å². The summed E-state index contributed by atoms with van der Waals surface area (Å²) in [5, 5.41) is 2.77. The Kier molecular flexibility index (Phi) is 6.06. The second kappa shape index (κ2) is 8.91. The predicted molar refractivity (Wildman–Crippen MR) is 113 cm³/mol. The highest BCUT2D eigenvalue weighted by Gasteiger charge is 2.27. The van der Waals surface area contributed by atoms with E-state index < -0.39 is 10.0 Å². The fourth-order valence-corrected chi connectivity index (χ4v) is 4.92. The summed E-state index contributed by atoms with van der Waals surface area (Å²) in [6.07, 6.45) is 3.12. The van der Waals surface area contributed by atoms with Gasteiger partial charge in [-0.2, -0.15) is 4.31 Å². The van der Waals surface area contributed by atoms with Gasteiger partial charge in [-0.05, 0) is 67.4 Å². The van der Waals surface area contributed by atoms with E-state index in [1.54, 1.807) is 18.2 Å². The fraction of sp³-hybridized carbons (Fsp3) is 0.227. The average molecular weight is 441 g/mol. The average Bonchev–Trinajstić information content (AvgIpc) is 3.34. The molecule has 0 bridgehead atoms. The number of nitrogens with one attached hydrogen (secondary N) is 1. The molecule has 0 spiro atoms. The molecule has 1 aliphatic heterocycles. The minimum Gasteiger partial charge on any atom is -0.346 e. The van der Waals surface area contributed by atoms with E-state index in [1.165, 1.54) is 47.0 Å².